The molecule has 0 aliphatic carbocycles. The lowest BCUT2D eigenvalue weighted by Crippen LogP contribution is -1.93. The molecule has 9 rings (SSSR count). The van der Waals surface area contributed by atoms with Crippen molar-refractivity contribution >= 4 is 32.6 Å². The van der Waals surface area contributed by atoms with Gasteiger partial charge in [0.25, 0.3) is 0 Å². The summed E-state index contributed by atoms with van der Waals surface area (Å²) in [7, 11) is 0. The summed E-state index contributed by atoms with van der Waals surface area (Å²) in [6, 6.07) is 42.7. The molecule has 7 heteroatoms. The number of hydrogen-bond donors (Lipinski definition) is 0. The minimum Gasteiger partial charge on any atom is -0.265 e. The lowest BCUT2D eigenvalue weighted by molar-refractivity contribution is 1.27. The van der Waals surface area contributed by atoms with E-state index in [1.165, 1.54) is 0 Å². The first-order chi connectivity index (χ1) is 25.7. The average molecular weight is 664 g/mol. The van der Waals surface area contributed by atoms with Crippen LogP contribution in [0, 0.1) is 22.7 Å². The predicted octanol–water partition coefficient (Wildman–Crippen LogP) is 10.2. The zero-order chi connectivity index (χ0) is 35.0. The van der Waals surface area contributed by atoms with Gasteiger partial charge in [-0.3, -0.25) is 19.9 Å². The molecule has 0 bridgehead atoms. The molecule has 0 spiro atoms. The number of nitriles is 2. The van der Waals surface area contributed by atoms with Crippen molar-refractivity contribution in [1.29, 1.82) is 10.5 Å². The molecule has 0 amide bonds. The number of nitrogens with zero attached hydrogens (tertiary/aromatic N) is 7. The van der Waals surface area contributed by atoms with Gasteiger partial charge in [0.2, 0.25) is 0 Å². The van der Waals surface area contributed by atoms with Crippen LogP contribution in [0.25, 0.3) is 88.5 Å². The van der Waals surface area contributed by atoms with E-state index in [1.54, 1.807) is 30.9 Å². The summed E-state index contributed by atoms with van der Waals surface area (Å²) in [6.45, 7) is 0. The summed E-state index contributed by atoms with van der Waals surface area (Å²) < 4.78 is 0. The molecule has 0 fully saturated rings. The van der Waals surface area contributed by atoms with Crippen LogP contribution in [0.5, 0.6) is 0 Å². The molecular formula is C45H25N7. The number of fused-ring (bicyclic) bond motifs is 5. The minimum absolute atomic E-state index is 0.426. The molecule has 0 radical (unpaired) electrons. The van der Waals surface area contributed by atoms with Crippen molar-refractivity contribution in [1.82, 2.24) is 24.9 Å². The van der Waals surface area contributed by atoms with E-state index in [9.17, 15) is 10.5 Å². The van der Waals surface area contributed by atoms with Crippen LogP contribution in [-0.2, 0) is 0 Å². The lowest BCUT2D eigenvalue weighted by atomic mass is 9.89. The van der Waals surface area contributed by atoms with E-state index in [0.717, 1.165) is 88.5 Å². The van der Waals surface area contributed by atoms with Gasteiger partial charge in [-0.1, -0.05) is 30.3 Å². The van der Waals surface area contributed by atoms with Gasteiger partial charge in [0.15, 0.2) is 0 Å². The Bertz CT molecular complexity index is 2840. The number of hydrogen-bond acceptors (Lipinski definition) is 7. The summed E-state index contributed by atoms with van der Waals surface area (Å²) in [5.41, 5.74) is 11.8. The summed E-state index contributed by atoms with van der Waals surface area (Å²) in [5.74, 6) is 0. The van der Waals surface area contributed by atoms with Crippen LogP contribution in [0.1, 0.15) is 11.1 Å². The number of pyridine rings is 5. The molecule has 0 unspecified atom stereocenters. The first-order valence-corrected chi connectivity index (χ1v) is 16.7. The molecule has 0 saturated carbocycles. The maximum absolute atomic E-state index is 9.73. The van der Waals surface area contributed by atoms with E-state index in [1.807, 2.05) is 60.9 Å². The molecule has 0 saturated heterocycles. The second-order valence-electron chi connectivity index (χ2n) is 12.4. The molecule has 5 heterocycles. The van der Waals surface area contributed by atoms with Gasteiger partial charge in [0.1, 0.15) is 0 Å². The zero-order valence-corrected chi connectivity index (χ0v) is 27.6. The highest BCUT2D eigenvalue weighted by molar-refractivity contribution is 6.22. The monoisotopic (exact) mass is 663 g/mol. The van der Waals surface area contributed by atoms with Crippen LogP contribution in [0.2, 0.25) is 0 Å². The largest absolute Gasteiger partial charge is 0.265 e. The standard InChI is InChI=1S/C45H25N7/c46-25-28-17-29(26-47)19-35(18-28)39-24-41-36-8-3-13-50-44(36)38(23-40(41)37-9-4-14-51-45(37)39)32-6-1-5-31(20-32)34-21-42(30-10-15-48-16-11-30)52-43(22-34)33-7-2-12-49-27-33/h1-24,27H. The molecule has 4 aromatic carbocycles. The van der Waals surface area contributed by atoms with Crippen molar-refractivity contribution < 1.29 is 0 Å². The van der Waals surface area contributed by atoms with Crippen LogP contribution < -0.4 is 0 Å². The van der Waals surface area contributed by atoms with Crippen LogP contribution in [-0.4, -0.2) is 24.9 Å². The van der Waals surface area contributed by atoms with Gasteiger partial charge < -0.3 is 0 Å². The summed E-state index contributed by atoms with van der Waals surface area (Å²) in [4.78, 5) is 23.3. The van der Waals surface area contributed by atoms with E-state index < -0.39 is 0 Å². The van der Waals surface area contributed by atoms with E-state index in [4.69, 9.17) is 15.0 Å². The molecule has 5 aromatic heterocycles. The molecule has 0 aliphatic rings. The van der Waals surface area contributed by atoms with E-state index >= 15 is 0 Å². The number of aromatic nitrogens is 5. The van der Waals surface area contributed by atoms with Gasteiger partial charge in [0, 0.05) is 70.2 Å². The Labute approximate surface area is 298 Å². The Hall–Kier alpha value is -7.61. The van der Waals surface area contributed by atoms with Crippen molar-refractivity contribution in [2.75, 3.05) is 0 Å². The molecular weight excluding hydrogens is 639 g/mol. The SMILES string of the molecule is N#Cc1cc(C#N)cc(-c2cc3c4cccnc4c(-c4cccc(-c5cc(-c6ccncc6)nc(-c6cccnc6)c5)c4)cc3c3cccnc23)c1. The third-order valence-corrected chi connectivity index (χ3v) is 9.34. The van der Waals surface area contributed by atoms with Gasteiger partial charge in [-0.05, 0) is 118 Å². The highest BCUT2D eigenvalue weighted by Crippen LogP contribution is 2.41. The second kappa shape index (κ2) is 12.7. The molecule has 52 heavy (non-hydrogen) atoms. The van der Waals surface area contributed by atoms with Crippen LogP contribution in [0.3, 0.4) is 0 Å². The minimum atomic E-state index is 0.426. The van der Waals surface area contributed by atoms with E-state index in [0.29, 0.717) is 11.1 Å². The van der Waals surface area contributed by atoms with Crippen molar-refractivity contribution in [2.45, 2.75) is 0 Å². The van der Waals surface area contributed by atoms with Gasteiger partial charge in [-0.2, -0.15) is 10.5 Å². The fourth-order valence-electron chi connectivity index (χ4n) is 6.95. The van der Waals surface area contributed by atoms with E-state index in [-0.39, 0.29) is 0 Å². The van der Waals surface area contributed by atoms with Crippen LogP contribution in [0.15, 0.2) is 152 Å². The van der Waals surface area contributed by atoms with Gasteiger partial charge in [-0.25, -0.2) is 4.98 Å². The van der Waals surface area contributed by atoms with E-state index in [2.05, 4.69) is 82.8 Å². The third-order valence-electron chi connectivity index (χ3n) is 9.34. The second-order valence-corrected chi connectivity index (χ2v) is 12.4. The van der Waals surface area contributed by atoms with Gasteiger partial charge in [0.05, 0.1) is 45.7 Å². The highest BCUT2D eigenvalue weighted by atomic mass is 14.7. The Kier molecular flexibility index (Phi) is 7.43. The molecule has 9 aromatic rings. The lowest BCUT2D eigenvalue weighted by Gasteiger charge is -2.16. The smallest absolute Gasteiger partial charge is 0.0992 e. The predicted molar refractivity (Wildman–Crippen MR) is 205 cm³/mol. The fraction of sp³-hybridized carbons (Fsp3) is 0. The Morgan fingerprint density at radius 2 is 1.00 bits per heavy atom. The first-order valence-electron chi connectivity index (χ1n) is 16.7. The number of benzene rings is 4. The molecule has 0 N–H and O–H groups in total. The normalized spacial score (nSPS) is 11.0. The van der Waals surface area contributed by atoms with Gasteiger partial charge in [-0.15, -0.1) is 0 Å². The summed E-state index contributed by atoms with van der Waals surface area (Å²) in [6.07, 6.45) is 10.8. The first kappa shape index (κ1) is 30.4. The molecule has 7 nitrogen and oxygen atoms in total. The average Bonchev–Trinajstić information content (AvgIpc) is 3.23. The third kappa shape index (κ3) is 5.36. The highest BCUT2D eigenvalue weighted by Gasteiger charge is 2.17. The van der Waals surface area contributed by atoms with Crippen LogP contribution in [0.4, 0.5) is 0 Å². The summed E-state index contributed by atoms with van der Waals surface area (Å²) >= 11 is 0. The topological polar surface area (TPSA) is 112 Å². The Balaban J connectivity index is 1.26. The Morgan fingerprint density at radius 1 is 0.404 bits per heavy atom. The fourth-order valence-corrected chi connectivity index (χ4v) is 6.95. The Morgan fingerprint density at radius 3 is 1.63 bits per heavy atom. The molecule has 0 atom stereocenters. The van der Waals surface area contributed by atoms with Crippen molar-refractivity contribution in [3.05, 3.63) is 164 Å². The summed E-state index contributed by atoms with van der Waals surface area (Å²) in [5, 5.41) is 23.5. The maximum atomic E-state index is 9.73. The zero-order valence-electron chi connectivity index (χ0n) is 27.6. The van der Waals surface area contributed by atoms with Crippen molar-refractivity contribution in [2.24, 2.45) is 0 Å². The number of rotatable bonds is 5. The molecule has 0 aliphatic heterocycles. The van der Waals surface area contributed by atoms with Gasteiger partial charge >= 0.3 is 0 Å². The molecule has 240 valence electrons. The van der Waals surface area contributed by atoms with Crippen LogP contribution >= 0.6 is 0 Å². The maximum Gasteiger partial charge on any atom is 0.0992 e. The quantitative estimate of drug-likeness (QED) is 0.168. The van der Waals surface area contributed by atoms with Crippen molar-refractivity contribution in [3.8, 4) is 68.0 Å². The van der Waals surface area contributed by atoms with Crippen molar-refractivity contribution in [3.63, 3.8) is 0 Å².